The third-order valence-corrected chi connectivity index (χ3v) is 7.90. The number of rotatable bonds is 8. The SMILES string of the molecule is C[C@@H](CCc1ccccc1)NC(=O)[C@H]1[C@H]2C(=O)N(CCc3c[nH]c4ccccc34)C[C@@]23C=C[C@H]1O3. The number of nitrogens with one attached hydrogen (secondary N) is 2. The topological polar surface area (TPSA) is 74.4 Å². The highest BCUT2D eigenvalue weighted by molar-refractivity contribution is 5.93. The number of para-hydroxylation sites is 1. The molecule has 4 heterocycles. The average Bonchev–Trinajstić information content (AvgIpc) is 3.62. The lowest BCUT2D eigenvalue weighted by atomic mass is 9.76. The first-order chi connectivity index (χ1) is 17.0. The third kappa shape index (κ3) is 3.86. The molecule has 1 spiro atoms. The Kier molecular flexibility index (Phi) is 5.49. The molecule has 2 N–H and O–H groups in total. The molecule has 3 aromatic rings. The van der Waals surface area contributed by atoms with Crippen molar-refractivity contribution in [1.29, 1.82) is 0 Å². The molecule has 2 amide bonds. The number of fused-ring (bicyclic) bond motifs is 2. The molecule has 180 valence electrons. The van der Waals surface area contributed by atoms with Crippen molar-refractivity contribution in [2.75, 3.05) is 13.1 Å². The molecule has 3 aliphatic heterocycles. The van der Waals surface area contributed by atoms with Gasteiger partial charge in [0.25, 0.3) is 0 Å². The maximum atomic E-state index is 13.5. The van der Waals surface area contributed by atoms with E-state index < -0.39 is 17.4 Å². The summed E-state index contributed by atoms with van der Waals surface area (Å²) in [6, 6.07) is 18.5. The maximum Gasteiger partial charge on any atom is 0.230 e. The highest BCUT2D eigenvalue weighted by atomic mass is 16.5. The quantitative estimate of drug-likeness (QED) is 0.495. The van der Waals surface area contributed by atoms with Crippen LogP contribution < -0.4 is 5.32 Å². The summed E-state index contributed by atoms with van der Waals surface area (Å²) in [6.45, 7) is 3.16. The first kappa shape index (κ1) is 22.1. The lowest BCUT2D eigenvalue weighted by molar-refractivity contribution is -0.137. The van der Waals surface area contributed by atoms with Crippen LogP contribution in [0.25, 0.3) is 10.9 Å². The summed E-state index contributed by atoms with van der Waals surface area (Å²) in [5.74, 6) is -0.945. The third-order valence-electron chi connectivity index (χ3n) is 7.90. The molecule has 35 heavy (non-hydrogen) atoms. The van der Waals surface area contributed by atoms with Gasteiger partial charge in [0, 0.05) is 29.7 Å². The monoisotopic (exact) mass is 469 g/mol. The molecule has 2 fully saturated rings. The van der Waals surface area contributed by atoms with Crippen molar-refractivity contribution in [3.05, 3.63) is 84.1 Å². The van der Waals surface area contributed by atoms with Crippen molar-refractivity contribution in [2.45, 2.75) is 43.9 Å². The fourth-order valence-corrected chi connectivity index (χ4v) is 6.10. The summed E-state index contributed by atoms with van der Waals surface area (Å²) in [5, 5.41) is 4.36. The van der Waals surface area contributed by atoms with E-state index in [0.717, 1.165) is 24.8 Å². The van der Waals surface area contributed by atoms with E-state index in [4.69, 9.17) is 4.74 Å². The lowest BCUT2D eigenvalue weighted by Crippen LogP contribution is -2.46. The maximum absolute atomic E-state index is 13.5. The zero-order chi connectivity index (χ0) is 24.0. The molecule has 0 unspecified atom stereocenters. The zero-order valence-corrected chi connectivity index (χ0v) is 19.9. The fraction of sp³-hybridized carbons (Fsp3) is 0.379. The van der Waals surface area contributed by atoms with E-state index in [1.54, 1.807) is 0 Å². The number of hydrogen-bond acceptors (Lipinski definition) is 3. The van der Waals surface area contributed by atoms with Gasteiger partial charge < -0.3 is 19.9 Å². The highest BCUT2D eigenvalue weighted by Crippen LogP contribution is 2.51. The van der Waals surface area contributed by atoms with E-state index in [1.165, 1.54) is 16.5 Å². The van der Waals surface area contributed by atoms with Gasteiger partial charge in [-0.1, -0.05) is 60.7 Å². The molecule has 0 aliphatic carbocycles. The van der Waals surface area contributed by atoms with Crippen molar-refractivity contribution in [1.82, 2.24) is 15.2 Å². The van der Waals surface area contributed by atoms with Crippen LogP contribution in [0.5, 0.6) is 0 Å². The van der Waals surface area contributed by atoms with Gasteiger partial charge in [-0.25, -0.2) is 0 Å². The van der Waals surface area contributed by atoms with Gasteiger partial charge in [-0.2, -0.15) is 0 Å². The summed E-state index contributed by atoms with van der Waals surface area (Å²) in [7, 11) is 0. The molecule has 2 saturated heterocycles. The van der Waals surface area contributed by atoms with Crippen molar-refractivity contribution in [2.24, 2.45) is 11.8 Å². The summed E-state index contributed by atoms with van der Waals surface area (Å²) < 4.78 is 6.30. The minimum Gasteiger partial charge on any atom is -0.361 e. The Bertz CT molecular complexity index is 1280. The van der Waals surface area contributed by atoms with Crippen LogP contribution in [0.3, 0.4) is 0 Å². The zero-order valence-electron chi connectivity index (χ0n) is 19.9. The van der Waals surface area contributed by atoms with Crippen molar-refractivity contribution < 1.29 is 14.3 Å². The second kappa shape index (κ2) is 8.68. The Balaban J connectivity index is 1.11. The van der Waals surface area contributed by atoms with E-state index in [-0.39, 0.29) is 24.0 Å². The Morgan fingerprint density at radius 3 is 2.83 bits per heavy atom. The molecule has 5 atom stereocenters. The summed E-state index contributed by atoms with van der Waals surface area (Å²) in [4.78, 5) is 32.1. The molecule has 6 rings (SSSR count). The fourth-order valence-electron chi connectivity index (χ4n) is 6.10. The molecule has 3 aliphatic rings. The molecule has 0 saturated carbocycles. The van der Waals surface area contributed by atoms with Crippen molar-refractivity contribution >= 4 is 22.7 Å². The average molecular weight is 470 g/mol. The predicted molar refractivity (Wildman–Crippen MR) is 135 cm³/mol. The number of carbonyl (C=O) groups is 2. The van der Waals surface area contributed by atoms with E-state index in [9.17, 15) is 9.59 Å². The second-order valence-corrected chi connectivity index (χ2v) is 10.2. The van der Waals surface area contributed by atoms with Gasteiger partial charge in [0.05, 0.1) is 24.5 Å². The number of amides is 2. The number of H-pyrrole nitrogens is 1. The van der Waals surface area contributed by atoms with Gasteiger partial charge in [0.2, 0.25) is 11.8 Å². The van der Waals surface area contributed by atoms with E-state index in [1.807, 2.05) is 60.5 Å². The standard InChI is InChI=1S/C29H31N3O3/c1-19(11-12-20-7-3-2-4-8-20)31-27(33)25-24-13-15-29(35-24)18-32(28(34)26(25)29)16-14-21-17-30-23-10-6-5-9-22(21)23/h2-10,13,15,17,19,24-26,30H,11-12,14,16,18H2,1H3,(H,31,33)/t19-,24+,25+,26-,29-/m0/s1. The van der Waals surface area contributed by atoms with Crippen LogP contribution in [0, 0.1) is 11.8 Å². The molecular weight excluding hydrogens is 438 g/mol. The number of aryl methyl sites for hydroxylation is 1. The summed E-state index contributed by atoms with van der Waals surface area (Å²) in [6.07, 6.45) is 8.23. The highest BCUT2D eigenvalue weighted by Gasteiger charge is 2.66. The Morgan fingerprint density at radius 1 is 1.17 bits per heavy atom. The summed E-state index contributed by atoms with van der Waals surface area (Å²) >= 11 is 0. The molecule has 6 nitrogen and oxygen atoms in total. The smallest absolute Gasteiger partial charge is 0.230 e. The van der Waals surface area contributed by atoms with Crippen LogP contribution >= 0.6 is 0 Å². The number of nitrogens with zero attached hydrogens (tertiary/aromatic N) is 1. The first-order valence-corrected chi connectivity index (χ1v) is 12.6. The van der Waals surface area contributed by atoms with Crippen molar-refractivity contribution in [3.8, 4) is 0 Å². The number of benzene rings is 2. The Labute approximate surface area is 205 Å². The van der Waals surface area contributed by atoms with E-state index >= 15 is 0 Å². The normalized spacial score (nSPS) is 27.5. The number of ether oxygens (including phenoxy) is 1. The Hall–Kier alpha value is -3.38. The van der Waals surface area contributed by atoms with Crippen LogP contribution in [0.15, 0.2) is 72.9 Å². The number of aromatic nitrogens is 1. The molecule has 1 aromatic heterocycles. The lowest BCUT2D eigenvalue weighted by Gasteiger charge is -2.25. The first-order valence-electron chi connectivity index (χ1n) is 12.6. The molecule has 2 bridgehead atoms. The van der Waals surface area contributed by atoms with Gasteiger partial charge in [0.15, 0.2) is 0 Å². The van der Waals surface area contributed by atoms with Crippen LogP contribution in [0.4, 0.5) is 0 Å². The van der Waals surface area contributed by atoms with Gasteiger partial charge in [-0.3, -0.25) is 9.59 Å². The second-order valence-electron chi connectivity index (χ2n) is 10.2. The van der Waals surface area contributed by atoms with Gasteiger partial charge in [-0.15, -0.1) is 0 Å². The number of aromatic amines is 1. The van der Waals surface area contributed by atoms with Gasteiger partial charge >= 0.3 is 0 Å². The van der Waals surface area contributed by atoms with Crippen LogP contribution in [-0.4, -0.2) is 52.5 Å². The minimum atomic E-state index is -0.669. The molecular formula is C29H31N3O3. The van der Waals surface area contributed by atoms with Crippen molar-refractivity contribution in [3.63, 3.8) is 0 Å². The molecule has 0 radical (unpaired) electrons. The predicted octanol–water partition coefficient (Wildman–Crippen LogP) is 3.63. The molecule has 2 aromatic carbocycles. The van der Waals surface area contributed by atoms with Crippen LogP contribution in [-0.2, 0) is 27.2 Å². The summed E-state index contributed by atoms with van der Waals surface area (Å²) in [5.41, 5.74) is 2.89. The number of hydrogen-bond donors (Lipinski definition) is 2. The Morgan fingerprint density at radius 2 is 1.97 bits per heavy atom. The number of carbonyl (C=O) groups excluding carboxylic acids is 2. The largest absolute Gasteiger partial charge is 0.361 e. The van der Waals surface area contributed by atoms with Crippen LogP contribution in [0.1, 0.15) is 24.5 Å². The minimum absolute atomic E-state index is 0.0243. The van der Waals surface area contributed by atoms with E-state index in [2.05, 4.69) is 34.6 Å². The van der Waals surface area contributed by atoms with Gasteiger partial charge in [-0.05, 0) is 43.4 Å². The van der Waals surface area contributed by atoms with Crippen LogP contribution in [0.2, 0.25) is 0 Å². The molecule has 6 heteroatoms. The van der Waals surface area contributed by atoms with Gasteiger partial charge in [0.1, 0.15) is 5.60 Å². The number of likely N-dealkylation sites (tertiary alicyclic amines) is 1. The van der Waals surface area contributed by atoms with E-state index in [0.29, 0.717) is 13.1 Å².